The molecule has 0 N–H and O–H groups in total. The molecule has 2 atom stereocenters. The fraction of sp³-hybridized carbons (Fsp3) is 0.474. The highest BCUT2D eigenvalue weighted by atomic mass is 32.2. The van der Waals surface area contributed by atoms with E-state index >= 15 is 0 Å². The number of carbonyl (C=O) groups is 2. The van der Waals surface area contributed by atoms with Gasteiger partial charge >= 0.3 is 5.97 Å². The lowest BCUT2D eigenvalue weighted by molar-refractivity contribution is -0.146. The summed E-state index contributed by atoms with van der Waals surface area (Å²) in [5, 5.41) is 0. The highest BCUT2D eigenvalue weighted by Crippen LogP contribution is 2.24. The van der Waals surface area contributed by atoms with Gasteiger partial charge in [-0.05, 0) is 12.1 Å². The molecule has 1 aliphatic heterocycles. The Morgan fingerprint density at radius 3 is 2.60 bits per heavy atom. The molecular formula is C19H25NO3SSi. The van der Waals surface area contributed by atoms with Crippen molar-refractivity contribution in [2.45, 2.75) is 50.0 Å². The van der Waals surface area contributed by atoms with Crippen LogP contribution < -0.4 is 0 Å². The summed E-state index contributed by atoms with van der Waals surface area (Å²) >= 11 is 1.71. The monoisotopic (exact) mass is 375 g/mol. The second-order valence-electron chi connectivity index (χ2n) is 7.06. The maximum absolute atomic E-state index is 12.4. The smallest absolute Gasteiger partial charge is 0.303 e. The molecule has 0 spiro atoms. The Bertz CT molecular complexity index is 675. The lowest BCUT2D eigenvalue weighted by atomic mass is 10.2. The van der Waals surface area contributed by atoms with Crippen molar-refractivity contribution < 1.29 is 14.3 Å². The minimum absolute atomic E-state index is 0.00906. The predicted octanol–water partition coefficient (Wildman–Crippen LogP) is 3.19. The molecule has 1 aliphatic rings. The minimum atomic E-state index is -1.57. The van der Waals surface area contributed by atoms with Crippen LogP contribution in [-0.4, -0.2) is 49.3 Å². The first-order chi connectivity index (χ1) is 11.8. The van der Waals surface area contributed by atoms with E-state index in [0.29, 0.717) is 6.54 Å². The van der Waals surface area contributed by atoms with Gasteiger partial charge in [0.25, 0.3) is 0 Å². The van der Waals surface area contributed by atoms with Crippen molar-refractivity contribution in [1.29, 1.82) is 0 Å². The Balaban J connectivity index is 2.07. The Hall–Kier alpha value is -1.71. The summed E-state index contributed by atoms with van der Waals surface area (Å²) in [6, 6.07) is 9.77. The molecule has 4 nitrogen and oxygen atoms in total. The molecule has 1 amide bonds. The van der Waals surface area contributed by atoms with Crippen LogP contribution in [0.1, 0.15) is 13.3 Å². The third kappa shape index (κ3) is 6.26. The number of amides is 1. The number of likely N-dealkylation sites (tertiary alicyclic amines) is 1. The first-order valence-electron chi connectivity index (χ1n) is 8.43. The first kappa shape index (κ1) is 19.6. The summed E-state index contributed by atoms with van der Waals surface area (Å²) in [4.78, 5) is 26.7. The average Bonchev–Trinajstić information content (AvgIpc) is 2.80. The van der Waals surface area contributed by atoms with E-state index in [1.807, 2.05) is 18.2 Å². The van der Waals surface area contributed by atoms with Crippen molar-refractivity contribution in [3.63, 3.8) is 0 Å². The van der Waals surface area contributed by atoms with Gasteiger partial charge in [0.1, 0.15) is 20.2 Å². The van der Waals surface area contributed by atoms with E-state index < -0.39 is 14.2 Å². The van der Waals surface area contributed by atoms with Crippen molar-refractivity contribution in [3.8, 4) is 11.5 Å². The summed E-state index contributed by atoms with van der Waals surface area (Å²) in [5.74, 6) is 3.67. The van der Waals surface area contributed by atoms with Gasteiger partial charge < -0.3 is 9.64 Å². The number of thioether (sulfide) groups is 1. The normalized spacial score (nSPS) is 20.2. The molecular weight excluding hydrogens is 350 g/mol. The number of carbonyl (C=O) groups excluding carboxylic acids is 2. The van der Waals surface area contributed by atoms with Crippen LogP contribution in [0.15, 0.2) is 35.2 Å². The molecule has 0 aliphatic carbocycles. The number of ether oxygens (including phenoxy) is 1. The van der Waals surface area contributed by atoms with Crippen molar-refractivity contribution in [2.75, 3.05) is 12.3 Å². The minimum Gasteiger partial charge on any atom is -0.459 e. The summed E-state index contributed by atoms with van der Waals surface area (Å²) in [6.07, 6.45) is -0.240. The van der Waals surface area contributed by atoms with Gasteiger partial charge in [0.2, 0.25) is 5.91 Å². The van der Waals surface area contributed by atoms with Gasteiger partial charge in [-0.1, -0.05) is 43.8 Å². The Kier molecular flexibility index (Phi) is 6.74. The fourth-order valence-corrected chi connectivity index (χ4v) is 4.03. The molecule has 1 aromatic carbocycles. The Morgan fingerprint density at radius 2 is 2.00 bits per heavy atom. The van der Waals surface area contributed by atoms with E-state index in [2.05, 4.69) is 43.2 Å². The molecule has 1 heterocycles. The van der Waals surface area contributed by atoms with Crippen molar-refractivity contribution >= 4 is 31.7 Å². The second kappa shape index (κ2) is 8.59. The fourth-order valence-electron chi connectivity index (χ4n) is 2.58. The molecule has 25 heavy (non-hydrogen) atoms. The highest BCUT2D eigenvalue weighted by Gasteiger charge is 2.40. The van der Waals surface area contributed by atoms with Crippen LogP contribution in [0.3, 0.4) is 0 Å². The summed E-state index contributed by atoms with van der Waals surface area (Å²) < 4.78 is 5.36. The zero-order chi connectivity index (χ0) is 18.4. The Morgan fingerprint density at radius 1 is 1.32 bits per heavy atom. The molecule has 134 valence electrons. The number of nitrogens with zero attached hydrogens (tertiary/aromatic N) is 1. The molecule has 1 saturated heterocycles. The largest absolute Gasteiger partial charge is 0.459 e. The average molecular weight is 376 g/mol. The van der Waals surface area contributed by atoms with E-state index in [1.165, 1.54) is 11.8 Å². The van der Waals surface area contributed by atoms with Gasteiger partial charge in [-0.15, -0.1) is 17.3 Å². The van der Waals surface area contributed by atoms with E-state index in [0.717, 1.165) is 5.75 Å². The van der Waals surface area contributed by atoms with Crippen molar-refractivity contribution in [1.82, 2.24) is 4.90 Å². The molecule has 0 radical (unpaired) electrons. The van der Waals surface area contributed by atoms with Crippen LogP contribution in [-0.2, 0) is 14.3 Å². The van der Waals surface area contributed by atoms with Crippen LogP contribution in [0.25, 0.3) is 0 Å². The lowest BCUT2D eigenvalue weighted by Crippen LogP contribution is -2.39. The van der Waals surface area contributed by atoms with Gasteiger partial charge in [0, 0.05) is 24.1 Å². The summed E-state index contributed by atoms with van der Waals surface area (Å²) in [5.41, 5.74) is 3.32. The van der Waals surface area contributed by atoms with E-state index in [9.17, 15) is 9.59 Å². The van der Waals surface area contributed by atoms with Crippen LogP contribution in [0, 0.1) is 11.5 Å². The standard InChI is InChI=1S/C19H25NO3SSi/c1-15(21)23-18-14-19(22)20(17(18)10-13-25(2,3)4)11-12-24-16-8-6-5-7-9-16/h5-9,17-18H,11-12,14H2,1-4H3/t17-,18+/m1/s1. The van der Waals surface area contributed by atoms with Crippen LogP contribution >= 0.6 is 11.8 Å². The number of benzene rings is 1. The van der Waals surface area contributed by atoms with Gasteiger partial charge in [0.05, 0.1) is 6.42 Å². The zero-order valence-electron chi connectivity index (χ0n) is 15.2. The SMILES string of the molecule is CC(=O)O[C@H]1CC(=O)N(CCSc2ccccc2)[C@@H]1C#C[Si](C)(C)C. The molecule has 6 heteroatoms. The molecule has 0 saturated carbocycles. The number of hydrogen-bond donors (Lipinski definition) is 0. The summed E-state index contributed by atoms with van der Waals surface area (Å²) in [6.45, 7) is 8.45. The van der Waals surface area contributed by atoms with E-state index in [4.69, 9.17) is 4.74 Å². The highest BCUT2D eigenvalue weighted by molar-refractivity contribution is 7.99. The zero-order valence-corrected chi connectivity index (χ0v) is 17.1. The lowest BCUT2D eigenvalue weighted by Gasteiger charge is -2.24. The molecule has 0 aromatic heterocycles. The van der Waals surface area contributed by atoms with E-state index in [1.54, 1.807) is 16.7 Å². The van der Waals surface area contributed by atoms with E-state index in [-0.39, 0.29) is 24.3 Å². The van der Waals surface area contributed by atoms with Crippen molar-refractivity contribution in [3.05, 3.63) is 30.3 Å². The van der Waals surface area contributed by atoms with Crippen LogP contribution in [0.4, 0.5) is 0 Å². The topological polar surface area (TPSA) is 46.6 Å². The molecule has 1 aromatic rings. The third-order valence-corrected chi connectivity index (χ3v) is 5.53. The number of rotatable bonds is 5. The molecule has 0 bridgehead atoms. The number of hydrogen-bond acceptors (Lipinski definition) is 4. The van der Waals surface area contributed by atoms with Gasteiger partial charge in [-0.25, -0.2) is 0 Å². The first-order valence-corrected chi connectivity index (χ1v) is 12.9. The van der Waals surface area contributed by atoms with Gasteiger partial charge in [-0.3, -0.25) is 9.59 Å². The van der Waals surface area contributed by atoms with Crippen LogP contribution in [0.5, 0.6) is 0 Å². The predicted molar refractivity (Wildman–Crippen MR) is 104 cm³/mol. The van der Waals surface area contributed by atoms with Gasteiger partial charge in [0.15, 0.2) is 0 Å². The molecule has 1 fully saturated rings. The van der Waals surface area contributed by atoms with Gasteiger partial charge in [-0.2, -0.15) is 0 Å². The summed E-state index contributed by atoms with van der Waals surface area (Å²) in [7, 11) is -1.57. The molecule has 2 rings (SSSR count). The third-order valence-electron chi connectivity index (χ3n) is 3.64. The van der Waals surface area contributed by atoms with Crippen LogP contribution in [0.2, 0.25) is 19.6 Å². The molecule has 0 unspecified atom stereocenters. The number of esters is 1. The maximum atomic E-state index is 12.4. The second-order valence-corrected chi connectivity index (χ2v) is 13.0. The van der Waals surface area contributed by atoms with Crippen molar-refractivity contribution in [2.24, 2.45) is 0 Å². The quantitative estimate of drug-likeness (QED) is 0.343. The maximum Gasteiger partial charge on any atom is 0.303 e. The Labute approximate surface area is 155 Å².